The van der Waals surface area contributed by atoms with Crippen LogP contribution < -0.4 is 0 Å². The van der Waals surface area contributed by atoms with Crippen LogP contribution in [-0.2, 0) is 59.2 Å². The van der Waals surface area contributed by atoms with Crippen molar-refractivity contribution in [3.63, 3.8) is 0 Å². The van der Waals surface area contributed by atoms with Crippen LogP contribution in [0.25, 0.3) is 0 Å². The Kier molecular flexibility index (Phi) is 37.6. The molecular formula is C18H50O17P4. The van der Waals surface area contributed by atoms with Crippen molar-refractivity contribution in [2.24, 2.45) is 0 Å². The van der Waals surface area contributed by atoms with Crippen molar-refractivity contribution < 1.29 is 78.8 Å². The van der Waals surface area contributed by atoms with Gasteiger partial charge in [0.1, 0.15) is 6.10 Å². The van der Waals surface area contributed by atoms with Crippen molar-refractivity contribution in [3.05, 3.63) is 0 Å². The molecule has 0 spiro atoms. The zero-order valence-corrected chi connectivity index (χ0v) is 28.3. The van der Waals surface area contributed by atoms with Gasteiger partial charge in [0, 0.05) is 21.3 Å². The lowest BCUT2D eigenvalue weighted by Crippen LogP contribution is -2.25. The van der Waals surface area contributed by atoms with E-state index in [0.29, 0.717) is 0 Å². The second kappa shape index (κ2) is 29.9. The molecule has 4 N–H and O–H groups in total. The largest absolute Gasteiger partial charge is 0.472 e. The Labute approximate surface area is 232 Å². The molecule has 0 aromatic carbocycles. The molecule has 0 aliphatic rings. The Morgan fingerprint density at radius 3 is 1.08 bits per heavy atom. The summed E-state index contributed by atoms with van der Waals surface area (Å²) in [6, 6.07) is 0. The predicted molar refractivity (Wildman–Crippen MR) is 145 cm³/mol. The van der Waals surface area contributed by atoms with E-state index in [1.54, 1.807) is 0 Å². The normalized spacial score (nSPS) is 17.2. The minimum Gasteiger partial charge on any atom is -0.377 e. The highest BCUT2D eigenvalue weighted by molar-refractivity contribution is 7.48. The minimum atomic E-state index is -4.82. The van der Waals surface area contributed by atoms with Crippen LogP contribution in [0.4, 0.5) is 0 Å². The molecule has 4 atom stereocenters. The maximum absolute atomic E-state index is 12.0. The molecule has 17 nitrogen and oxygen atoms in total. The van der Waals surface area contributed by atoms with E-state index < -0.39 is 57.2 Å². The molecule has 0 bridgehead atoms. The van der Waals surface area contributed by atoms with Crippen LogP contribution in [0.2, 0.25) is 0 Å². The molecule has 244 valence electrons. The molecule has 0 aliphatic heterocycles. The van der Waals surface area contributed by atoms with E-state index in [1.807, 2.05) is 55.4 Å². The molecule has 0 saturated carbocycles. The maximum atomic E-state index is 12.0. The third-order valence-corrected chi connectivity index (χ3v) is 6.70. The zero-order valence-electron chi connectivity index (χ0n) is 24.7. The first-order valence-electron chi connectivity index (χ1n) is 12.0. The van der Waals surface area contributed by atoms with Crippen LogP contribution in [0, 0.1) is 0 Å². The van der Waals surface area contributed by atoms with Gasteiger partial charge in [-0.1, -0.05) is 55.4 Å². The van der Waals surface area contributed by atoms with E-state index in [9.17, 15) is 32.9 Å². The molecular weight excluding hydrogens is 612 g/mol. The van der Waals surface area contributed by atoms with Gasteiger partial charge in [-0.3, -0.25) is 36.2 Å². The van der Waals surface area contributed by atoms with Crippen molar-refractivity contribution in [1.82, 2.24) is 0 Å². The van der Waals surface area contributed by atoms with Crippen LogP contribution in [0.5, 0.6) is 0 Å². The number of rotatable bonds is 19. The van der Waals surface area contributed by atoms with Crippen LogP contribution in [0.1, 0.15) is 55.4 Å². The predicted octanol–water partition coefficient (Wildman–Crippen LogP) is 4.90. The van der Waals surface area contributed by atoms with Crippen LogP contribution in [-0.4, -0.2) is 86.6 Å². The first-order valence-corrected chi connectivity index (χ1v) is 18.0. The van der Waals surface area contributed by atoms with E-state index in [0.717, 1.165) is 21.3 Å². The van der Waals surface area contributed by atoms with Crippen LogP contribution in [0.15, 0.2) is 0 Å². The molecule has 0 radical (unpaired) electrons. The van der Waals surface area contributed by atoms with Gasteiger partial charge in [0.2, 0.25) is 0 Å². The third kappa shape index (κ3) is 34.5. The van der Waals surface area contributed by atoms with Crippen molar-refractivity contribution in [1.29, 1.82) is 0 Å². The summed E-state index contributed by atoms with van der Waals surface area (Å²) in [5.74, 6) is 0. The second-order valence-corrected chi connectivity index (χ2v) is 11.1. The molecule has 0 aliphatic carbocycles. The van der Waals surface area contributed by atoms with Gasteiger partial charge < -0.3 is 24.3 Å². The SMILES string of the molecule is CC.CC.CC.CC.COP(=O)(O)OCCOCCOP(=O)(O)OC(COP(=O)(O)OC)COP(=O)(O)OC. The van der Waals surface area contributed by atoms with Gasteiger partial charge in [-0.15, -0.1) is 0 Å². The summed E-state index contributed by atoms with van der Waals surface area (Å²) in [4.78, 5) is 37.1. The van der Waals surface area contributed by atoms with Gasteiger partial charge in [0.15, 0.2) is 0 Å². The average molecular weight is 662 g/mol. The van der Waals surface area contributed by atoms with Gasteiger partial charge in [-0.25, -0.2) is 18.3 Å². The molecule has 0 rings (SSSR count). The monoisotopic (exact) mass is 662 g/mol. The molecule has 39 heavy (non-hydrogen) atoms. The van der Waals surface area contributed by atoms with E-state index in [-0.39, 0.29) is 19.8 Å². The standard InChI is InChI=1S/C10H26O17P4.4C2H6/c1-19-28(11,12)23-6-4-22-5-7-24-31(17,18)27-10(8-25-29(13,14)20-2)9-26-30(15,16)21-3;4*1-2/h10H,4-9H2,1-3H3,(H,11,12)(H,13,14)(H,15,16)(H,17,18);4*1-2H3. The highest BCUT2D eigenvalue weighted by Gasteiger charge is 2.32. The average Bonchev–Trinajstić information content (AvgIpc) is 2.94. The summed E-state index contributed by atoms with van der Waals surface area (Å²) >= 11 is 0. The second-order valence-electron chi connectivity index (χ2n) is 5.02. The number of hydrogen-bond acceptors (Lipinski definition) is 13. The highest BCUT2D eigenvalue weighted by Crippen LogP contribution is 2.48. The van der Waals surface area contributed by atoms with Crippen molar-refractivity contribution in [3.8, 4) is 0 Å². The summed E-state index contributed by atoms with van der Waals surface area (Å²) in [7, 11) is -15.3. The van der Waals surface area contributed by atoms with Gasteiger partial charge in [0.25, 0.3) is 0 Å². The van der Waals surface area contributed by atoms with Crippen molar-refractivity contribution >= 4 is 31.3 Å². The molecule has 0 aromatic heterocycles. The number of phosphoric ester groups is 4. The Bertz CT molecular complexity index is 681. The van der Waals surface area contributed by atoms with Gasteiger partial charge >= 0.3 is 31.3 Å². The lowest BCUT2D eigenvalue weighted by molar-refractivity contribution is 0.0134. The number of ether oxygens (including phenoxy) is 1. The van der Waals surface area contributed by atoms with Crippen molar-refractivity contribution in [2.75, 3.05) is 61.0 Å². The van der Waals surface area contributed by atoms with E-state index in [2.05, 4.69) is 31.7 Å². The fraction of sp³-hybridized carbons (Fsp3) is 1.00. The fourth-order valence-electron chi connectivity index (χ4n) is 1.37. The molecule has 4 unspecified atom stereocenters. The minimum absolute atomic E-state index is 0.177. The summed E-state index contributed by atoms with van der Waals surface area (Å²) in [5, 5.41) is 0. The molecule has 0 fully saturated rings. The Hall–Kier alpha value is 0.400. The quantitative estimate of drug-likeness (QED) is 0.106. The molecule has 0 saturated heterocycles. The van der Waals surface area contributed by atoms with Crippen LogP contribution in [0.3, 0.4) is 0 Å². The summed E-state index contributed by atoms with van der Waals surface area (Å²) < 4.78 is 85.8. The number of phosphoric acid groups is 4. The molecule has 21 heteroatoms. The van der Waals surface area contributed by atoms with Gasteiger partial charge in [-0.2, -0.15) is 0 Å². The first-order chi connectivity index (χ1) is 18.2. The Balaban J connectivity index is -0.000000437. The third-order valence-electron chi connectivity index (χ3n) is 2.79. The summed E-state index contributed by atoms with van der Waals surface area (Å²) in [5.41, 5.74) is 0. The van der Waals surface area contributed by atoms with Crippen molar-refractivity contribution in [2.45, 2.75) is 61.5 Å². The lowest BCUT2D eigenvalue weighted by Gasteiger charge is -2.22. The van der Waals surface area contributed by atoms with Gasteiger partial charge in [0.05, 0.1) is 39.6 Å². The lowest BCUT2D eigenvalue weighted by atomic mass is 10.4. The molecule has 0 amide bonds. The number of hydrogen-bond donors (Lipinski definition) is 4. The molecule has 0 heterocycles. The summed E-state index contributed by atoms with van der Waals surface area (Å²) in [6.45, 7) is 13.0. The topological polar surface area (TPSA) is 232 Å². The Morgan fingerprint density at radius 2 is 0.769 bits per heavy atom. The maximum Gasteiger partial charge on any atom is 0.472 e. The fourth-order valence-corrected chi connectivity index (χ4v) is 3.56. The summed E-state index contributed by atoms with van der Waals surface area (Å²) in [6.07, 6.45) is -1.64. The highest BCUT2D eigenvalue weighted by atomic mass is 31.2. The van der Waals surface area contributed by atoms with E-state index >= 15 is 0 Å². The van der Waals surface area contributed by atoms with E-state index in [1.165, 1.54) is 0 Å². The Morgan fingerprint density at radius 1 is 0.487 bits per heavy atom. The first kappa shape index (κ1) is 49.1. The zero-order chi connectivity index (χ0) is 32.2. The van der Waals surface area contributed by atoms with Crippen LogP contribution >= 0.6 is 31.3 Å². The van der Waals surface area contributed by atoms with E-state index in [4.69, 9.17) is 14.2 Å². The molecule has 0 aromatic rings. The smallest absolute Gasteiger partial charge is 0.377 e. The van der Waals surface area contributed by atoms with Gasteiger partial charge in [-0.05, 0) is 0 Å².